The number of ether oxygens (including phenoxy) is 1. The molecule has 2 aromatic carbocycles. The van der Waals surface area contributed by atoms with Gasteiger partial charge in [-0.25, -0.2) is 9.38 Å². The third-order valence-corrected chi connectivity index (χ3v) is 3.47. The van der Waals surface area contributed by atoms with Crippen molar-refractivity contribution in [2.75, 3.05) is 5.43 Å². The molecule has 0 radical (unpaired) electrons. The van der Waals surface area contributed by atoms with Gasteiger partial charge in [-0.05, 0) is 24.3 Å². The Hall–Kier alpha value is -2.08. The fourth-order valence-electron chi connectivity index (χ4n) is 2.19. The van der Waals surface area contributed by atoms with Crippen LogP contribution in [0.3, 0.4) is 0 Å². The van der Waals surface area contributed by atoms with Crippen LogP contribution in [0.15, 0.2) is 39.8 Å². The smallest absolute Gasteiger partial charge is 0.158 e. The molecule has 0 aromatic heterocycles. The van der Waals surface area contributed by atoms with Gasteiger partial charge in [0.05, 0.1) is 11.3 Å². The summed E-state index contributed by atoms with van der Waals surface area (Å²) in [6, 6.07) is 8.41. The number of aliphatic imine (C=N–C) groups is 1. The van der Waals surface area contributed by atoms with E-state index in [1.54, 1.807) is 12.1 Å². The maximum atomic E-state index is 13.8. The highest BCUT2D eigenvalue weighted by atomic mass is 79.9. The van der Waals surface area contributed by atoms with Crippen molar-refractivity contribution < 1.29 is 9.13 Å². The van der Waals surface area contributed by atoms with E-state index < -0.39 is 5.82 Å². The molecule has 0 fully saturated rings. The third kappa shape index (κ3) is 1.53. The molecule has 0 saturated carbocycles. The molecule has 2 aliphatic rings. The van der Waals surface area contributed by atoms with Crippen LogP contribution in [-0.4, -0.2) is 5.84 Å². The van der Waals surface area contributed by atoms with Gasteiger partial charge in [0.15, 0.2) is 17.4 Å². The van der Waals surface area contributed by atoms with Gasteiger partial charge >= 0.3 is 0 Å². The number of hydrazine groups is 1. The third-order valence-electron chi connectivity index (χ3n) is 3.01. The van der Waals surface area contributed by atoms with Crippen molar-refractivity contribution in [2.45, 2.75) is 0 Å². The van der Waals surface area contributed by atoms with Gasteiger partial charge in [-0.15, -0.1) is 0 Å². The molecule has 2 heterocycles. The van der Waals surface area contributed by atoms with E-state index in [1.807, 2.05) is 12.1 Å². The Balaban J connectivity index is 2.04. The molecule has 0 saturated heterocycles. The van der Waals surface area contributed by atoms with Crippen LogP contribution in [0.25, 0.3) is 0 Å². The molecule has 0 spiro atoms. The summed E-state index contributed by atoms with van der Waals surface area (Å²) >= 11 is 3.42. The molecule has 0 atom stereocenters. The average Bonchev–Trinajstić information content (AvgIpc) is 2.68. The van der Waals surface area contributed by atoms with E-state index in [2.05, 4.69) is 31.8 Å². The Morgan fingerprint density at radius 2 is 2.05 bits per heavy atom. The summed E-state index contributed by atoms with van der Waals surface area (Å²) in [7, 11) is 0. The Morgan fingerprint density at radius 3 is 2.95 bits per heavy atom. The molecule has 6 heteroatoms. The van der Waals surface area contributed by atoms with Crippen molar-refractivity contribution in [1.29, 1.82) is 0 Å². The molecular formula is C13H7BrFN3O. The van der Waals surface area contributed by atoms with Crippen LogP contribution < -0.4 is 15.6 Å². The number of hydrogen-bond acceptors (Lipinski definition) is 4. The largest absolute Gasteiger partial charge is 0.454 e. The van der Waals surface area contributed by atoms with Crippen LogP contribution in [-0.2, 0) is 0 Å². The minimum Gasteiger partial charge on any atom is -0.454 e. The number of halogens is 2. The molecule has 94 valence electrons. The molecule has 19 heavy (non-hydrogen) atoms. The lowest BCUT2D eigenvalue weighted by molar-refractivity contribution is 0.480. The Kier molecular flexibility index (Phi) is 2.11. The van der Waals surface area contributed by atoms with Crippen LogP contribution in [0.5, 0.6) is 11.5 Å². The summed E-state index contributed by atoms with van der Waals surface area (Å²) in [4.78, 5) is 4.31. The number of fused-ring (bicyclic) bond motifs is 1. The summed E-state index contributed by atoms with van der Waals surface area (Å²) in [5, 5.41) is 0. The van der Waals surface area contributed by atoms with Gasteiger partial charge in [0.25, 0.3) is 0 Å². The zero-order chi connectivity index (χ0) is 13.0. The van der Waals surface area contributed by atoms with Crippen LogP contribution in [0.2, 0.25) is 0 Å². The zero-order valence-corrected chi connectivity index (χ0v) is 11.1. The van der Waals surface area contributed by atoms with Gasteiger partial charge in [0.2, 0.25) is 0 Å². The summed E-state index contributed by atoms with van der Waals surface area (Å²) in [5.41, 5.74) is 7.77. The molecule has 0 amide bonds. The molecule has 2 aromatic rings. The molecular weight excluding hydrogens is 313 g/mol. The SMILES string of the molecule is Fc1cccc2c1N=C1NNc3cc(Br)cc(c31)O2. The summed E-state index contributed by atoms with van der Waals surface area (Å²) in [5.74, 6) is 1.18. The molecule has 0 bridgehead atoms. The maximum Gasteiger partial charge on any atom is 0.158 e. The van der Waals surface area contributed by atoms with Crippen molar-refractivity contribution >= 4 is 33.1 Å². The minimum atomic E-state index is -0.410. The molecule has 2 N–H and O–H groups in total. The normalized spacial score (nSPS) is 14.3. The number of nitrogens with zero attached hydrogens (tertiary/aromatic N) is 1. The number of nitrogens with one attached hydrogen (secondary N) is 2. The van der Waals surface area contributed by atoms with Gasteiger partial charge in [0.1, 0.15) is 11.4 Å². The first-order valence-corrected chi connectivity index (χ1v) is 6.43. The van der Waals surface area contributed by atoms with E-state index in [1.165, 1.54) is 6.07 Å². The second kappa shape index (κ2) is 3.71. The van der Waals surface area contributed by atoms with E-state index >= 15 is 0 Å². The highest BCUT2D eigenvalue weighted by Gasteiger charge is 2.27. The molecule has 4 rings (SSSR count). The van der Waals surface area contributed by atoms with E-state index in [-0.39, 0.29) is 5.69 Å². The fourth-order valence-corrected chi connectivity index (χ4v) is 2.63. The molecule has 2 aliphatic heterocycles. The first-order chi connectivity index (χ1) is 9.22. The second-order valence-electron chi connectivity index (χ2n) is 4.23. The predicted octanol–water partition coefficient (Wildman–Crippen LogP) is 3.70. The van der Waals surface area contributed by atoms with Gasteiger partial charge in [0, 0.05) is 4.47 Å². The van der Waals surface area contributed by atoms with Crippen molar-refractivity contribution in [1.82, 2.24) is 5.43 Å². The summed E-state index contributed by atoms with van der Waals surface area (Å²) < 4.78 is 20.5. The van der Waals surface area contributed by atoms with Crippen molar-refractivity contribution in [2.24, 2.45) is 4.99 Å². The first-order valence-electron chi connectivity index (χ1n) is 5.63. The topological polar surface area (TPSA) is 45.7 Å². The van der Waals surface area contributed by atoms with Crippen LogP contribution in [0.1, 0.15) is 5.56 Å². The fraction of sp³-hybridized carbons (Fsp3) is 0. The van der Waals surface area contributed by atoms with Gasteiger partial charge in [-0.3, -0.25) is 10.9 Å². The molecule has 0 unspecified atom stereocenters. The van der Waals surface area contributed by atoms with Gasteiger partial charge in [-0.1, -0.05) is 22.0 Å². The van der Waals surface area contributed by atoms with E-state index in [9.17, 15) is 4.39 Å². The number of rotatable bonds is 0. The first kappa shape index (κ1) is 10.8. The van der Waals surface area contributed by atoms with Crippen LogP contribution in [0.4, 0.5) is 15.8 Å². The van der Waals surface area contributed by atoms with E-state index in [0.29, 0.717) is 17.3 Å². The van der Waals surface area contributed by atoms with E-state index in [0.717, 1.165) is 15.7 Å². The maximum absolute atomic E-state index is 13.8. The number of hydrogen-bond donors (Lipinski definition) is 2. The van der Waals surface area contributed by atoms with Gasteiger partial charge < -0.3 is 4.74 Å². The lowest BCUT2D eigenvalue weighted by atomic mass is 10.1. The molecule has 4 nitrogen and oxygen atoms in total. The minimum absolute atomic E-state index is 0.201. The number of amidine groups is 1. The number of benzene rings is 2. The summed E-state index contributed by atoms with van der Waals surface area (Å²) in [6.07, 6.45) is 0. The zero-order valence-electron chi connectivity index (χ0n) is 9.50. The lowest BCUT2D eigenvalue weighted by Gasteiger charge is -2.09. The standard InChI is InChI=1S/C13H7BrFN3O/c14-6-4-8-11-10(5-6)19-9-3-1-2-7(15)12(9)16-13(11)18-17-8/h1-5H,(H2,16,17,18). The Bertz CT molecular complexity index is 745. The summed E-state index contributed by atoms with van der Waals surface area (Å²) in [6.45, 7) is 0. The van der Waals surface area contributed by atoms with Gasteiger partial charge in [-0.2, -0.15) is 0 Å². The van der Waals surface area contributed by atoms with E-state index in [4.69, 9.17) is 4.74 Å². The Labute approximate surface area is 116 Å². The van der Waals surface area contributed by atoms with Crippen molar-refractivity contribution in [3.63, 3.8) is 0 Å². The number of anilines is 1. The second-order valence-corrected chi connectivity index (χ2v) is 5.14. The molecule has 0 aliphatic carbocycles. The van der Waals surface area contributed by atoms with Crippen molar-refractivity contribution in [3.8, 4) is 11.5 Å². The lowest BCUT2D eigenvalue weighted by Crippen LogP contribution is -2.20. The van der Waals surface area contributed by atoms with Crippen LogP contribution in [0, 0.1) is 5.82 Å². The quantitative estimate of drug-likeness (QED) is 0.778. The Morgan fingerprint density at radius 1 is 1.16 bits per heavy atom. The van der Waals surface area contributed by atoms with Crippen LogP contribution >= 0.6 is 15.9 Å². The number of para-hydroxylation sites is 1. The van der Waals surface area contributed by atoms with Crippen molar-refractivity contribution in [3.05, 3.63) is 46.2 Å². The monoisotopic (exact) mass is 319 g/mol. The highest BCUT2D eigenvalue weighted by Crippen LogP contribution is 2.43. The predicted molar refractivity (Wildman–Crippen MR) is 73.6 cm³/mol. The average molecular weight is 320 g/mol. The highest BCUT2D eigenvalue weighted by molar-refractivity contribution is 9.10.